The average molecular weight is 667 g/mol. The molecule has 20 atom stereocenters. The van der Waals surface area contributed by atoms with Gasteiger partial charge in [0.15, 0.2) is 25.2 Å². The minimum absolute atomic E-state index is 0.692. The van der Waals surface area contributed by atoms with Gasteiger partial charge in [-0.25, -0.2) is 0 Å². The highest BCUT2D eigenvalue weighted by atomic mass is 16.8. The number of hydrogen-bond donors (Lipinski definition) is 14. The molecule has 0 aromatic heterocycles. The molecule has 0 amide bonds. The summed E-state index contributed by atoms with van der Waals surface area (Å²) in [6.45, 7) is -2.90. The summed E-state index contributed by atoms with van der Waals surface area (Å²) in [7, 11) is 0. The van der Waals surface area contributed by atoms with Crippen LogP contribution in [0.2, 0.25) is 0 Å². The summed E-state index contributed by atoms with van der Waals surface area (Å²) < 4.78 is 37.6. The van der Waals surface area contributed by atoms with Gasteiger partial charge in [-0.15, -0.1) is 0 Å². The first-order valence-electron chi connectivity index (χ1n) is 14.1. The topological polar surface area (TPSA) is 348 Å². The van der Waals surface area contributed by atoms with Gasteiger partial charge < -0.3 is 105 Å². The number of aliphatic hydroxyl groups is 14. The van der Waals surface area contributed by atoms with Gasteiger partial charge in [0, 0.05) is 0 Å². The first-order valence-corrected chi connectivity index (χ1v) is 14.1. The van der Waals surface area contributed by atoms with E-state index in [4.69, 9.17) is 33.2 Å². The van der Waals surface area contributed by atoms with Crippen molar-refractivity contribution in [3.63, 3.8) is 0 Å². The minimum Gasteiger partial charge on any atom is -0.394 e. The van der Waals surface area contributed by atoms with E-state index >= 15 is 0 Å². The van der Waals surface area contributed by atoms with Gasteiger partial charge in [0.25, 0.3) is 0 Å². The van der Waals surface area contributed by atoms with Gasteiger partial charge in [0.05, 0.1) is 26.4 Å². The molecule has 4 saturated heterocycles. The first-order chi connectivity index (χ1) is 21.2. The lowest BCUT2D eigenvalue weighted by molar-refractivity contribution is -0.368. The van der Waals surface area contributed by atoms with Crippen LogP contribution in [0.15, 0.2) is 0 Å². The molecule has 45 heavy (non-hydrogen) atoms. The molecule has 4 aliphatic rings. The molecule has 4 fully saturated rings. The highest BCUT2D eigenvalue weighted by molar-refractivity contribution is 4.95. The molecule has 0 aliphatic carbocycles. The SMILES string of the molecule is OCC1OC(OCC2OC(OC3C(COC4OC(CO)C(O)C(O)C4O)OC(O)C(O)C3O)C(O)C(O)C2O)C(O)C(O)C1O. The van der Waals surface area contributed by atoms with Gasteiger partial charge in [-0.2, -0.15) is 0 Å². The molecule has 0 aromatic rings. The van der Waals surface area contributed by atoms with E-state index in [2.05, 4.69) is 0 Å². The van der Waals surface area contributed by atoms with Crippen LogP contribution in [-0.2, 0) is 33.2 Å². The van der Waals surface area contributed by atoms with E-state index in [1.54, 1.807) is 0 Å². The maximum Gasteiger partial charge on any atom is 0.187 e. The Morgan fingerprint density at radius 3 is 1.24 bits per heavy atom. The number of hydrogen-bond acceptors (Lipinski definition) is 21. The molecule has 4 aliphatic heterocycles. The van der Waals surface area contributed by atoms with E-state index < -0.39 is 149 Å². The second-order valence-electron chi connectivity index (χ2n) is 11.2. The minimum atomic E-state index is -1.99. The van der Waals surface area contributed by atoms with Crippen molar-refractivity contribution in [1.82, 2.24) is 0 Å². The molecule has 0 radical (unpaired) electrons. The maximum absolute atomic E-state index is 10.7. The van der Waals surface area contributed by atoms with Gasteiger partial charge in [-0.1, -0.05) is 0 Å². The molecular formula is C24H42O21. The van der Waals surface area contributed by atoms with Crippen molar-refractivity contribution in [3.8, 4) is 0 Å². The van der Waals surface area contributed by atoms with Crippen LogP contribution in [0.1, 0.15) is 0 Å². The summed E-state index contributed by atoms with van der Waals surface area (Å²) in [5, 5.41) is 141. The predicted molar refractivity (Wildman–Crippen MR) is 134 cm³/mol. The van der Waals surface area contributed by atoms with Gasteiger partial charge in [-0.3, -0.25) is 0 Å². The van der Waals surface area contributed by atoms with Crippen LogP contribution in [0.5, 0.6) is 0 Å². The smallest absolute Gasteiger partial charge is 0.187 e. The fourth-order valence-corrected chi connectivity index (χ4v) is 5.33. The third-order valence-corrected chi connectivity index (χ3v) is 8.17. The first kappa shape index (κ1) is 37.0. The van der Waals surface area contributed by atoms with Crippen LogP contribution in [0, 0.1) is 0 Å². The van der Waals surface area contributed by atoms with E-state index in [1.165, 1.54) is 0 Å². The van der Waals surface area contributed by atoms with Gasteiger partial charge in [0.1, 0.15) is 97.7 Å². The fraction of sp³-hybridized carbons (Fsp3) is 1.00. The van der Waals surface area contributed by atoms with E-state index in [0.29, 0.717) is 0 Å². The quantitative estimate of drug-likeness (QED) is 0.103. The van der Waals surface area contributed by atoms with Crippen molar-refractivity contribution in [2.75, 3.05) is 26.4 Å². The summed E-state index contributed by atoms with van der Waals surface area (Å²) in [4.78, 5) is 0. The van der Waals surface area contributed by atoms with Crippen LogP contribution in [0.4, 0.5) is 0 Å². The molecule has 264 valence electrons. The zero-order valence-electron chi connectivity index (χ0n) is 23.5. The molecule has 0 spiro atoms. The summed E-state index contributed by atoms with van der Waals surface area (Å²) in [5.41, 5.74) is 0. The molecule has 0 aromatic carbocycles. The van der Waals surface area contributed by atoms with Crippen molar-refractivity contribution in [3.05, 3.63) is 0 Å². The Hall–Kier alpha value is -0.840. The van der Waals surface area contributed by atoms with E-state index in [0.717, 1.165) is 0 Å². The molecule has 4 rings (SSSR count). The third-order valence-electron chi connectivity index (χ3n) is 8.17. The van der Waals surface area contributed by atoms with Crippen LogP contribution in [0.25, 0.3) is 0 Å². The number of ether oxygens (including phenoxy) is 7. The highest BCUT2D eigenvalue weighted by Crippen LogP contribution is 2.31. The third kappa shape index (κ3) is 7.75. The molecule has 0 bridgehead atoms. The lowest BCUT2D eigenvalue weighted by Crippen LogP contribution is -2.65. The van der Waals surface area contributed by atoms with Gasteiger partial charge in [-0.05, 0) is 0 Å². The van der Waals surface area contributed by atoms with Crippen molar-refractivity contribution in [1.29, 1.82) is 0 Å². The molecule has 21 nitrogen and oxygen atoms in total. The molecule has 14 N–H and O–H groups in total. The van der Waals surface area contributed by atoms with Crippen LogP contribution < -0.4 is 0 Å². The van der Waals surface area contributed by atoms with Crippen LogP contribution in [0.3, 0.4) is 0 Å². The second kappa shape index (κ2) is 15.6. The number of aliphatic hydroxyl groups excluding tert-OH is 14. The largest absolute Gasteiger partial charge is 0.394 e. The van der Waals surface area contributed by atoms with Crippen LogP contribution >= 0.6 is 0 Å². The maximum atomic E-state index is 10.7. The van der Waals surface area contributed by atoms with Crippen LogP contribution in [-0.4, -0.2) is 221 Å². The van der Waals surface area contributed by atoms with Crippen molar-refractivity contribution < 1.29 is 105 Å². The Morgan fingerprint density at radius 1 is 0.378 bits per heavy atom. The predicted octanol–water partition coefficient (Wildman–Crippen LogP) is -9.75. The lowest BCUT2D eigenvalue weighted by Gasteiger charge is -2.46. The van der Waals surface area contributed by atoms with E-state index in [1.807, 2.05) is 0 Å². The fourth-order valence-electron chi connectivity index (χ4n) is 5.33. The number of rotatable bonds is 10. The van der Waals surface area contributed by atoms with Crippen molar-refractivity contribution in [2.24, 2.45) is 0 Å². The van der Waals surface area contributed by atoms with E-state index in [9.17, 15) is 71.5 Å². The monoisotopic (exact) mass is 666 g/mol. The Kier molecular flexibility index (Phi) is 12.8. The van der Waals surface area contributed by atoms with Crippen molar-refractivity contribution >= 4 is 0 Å². The molecule has 4 heterocycles. The zero-order chi connectivity index (χ0) is 33.3. The summed E-state index contributed by atoms with van der Waals surface area (Å²) in [5.74, 6) is 0. The summed E-state index contributed by atoms with van der Waals surface area (Å²) >= 11 is 0. The average Bonchev–Trinajstić information content (AvgIpc) is 3.02. The normalized spacial score (nSPS) is 52.9. The summed E-state index contributed by atoms with van der Waals surface area (Å²) in [6, 6.07) is 0. The Labute approximate surface area is 254 Å². The lowest BCUT2D eigenvalue weighted by atomic mass is 9.96. The zero-order valence-corrected chi connectivity index (χ0v) is 23.5. The van der Waals surface area contributed by atoms with Gasteiger partial charge in [0.2, 0.25) is 0 Å². The Balaban J connectivity index is 1.43. The van der Waals surface area contributed by atoms with Crippen molar-refractivity contribution in [2.45, 2.75) is 123 Å². The molecule has 0 saturated carbocycles. The standard InChI is InChI=1S/C24H42O21/c25-1-5-9(27)12(30)17(35)22(42-5)39-3-7-11(29)14(32)19(37)24(44-7)45-20-8(41-21(38)16(34)15(20)33)4-40-23-18(36)13(31)10(28)6(2-26)43-23/h5-38H,1-4H2. The Morgan fingerprint density at radius 2 is 0.778 bits per heavy atom. The molecule has 20 unspecified atom stereocenters. The summed E-state index contributed by atoms with van der Waals surface area (Å²) in [6.07, 6.45) is -34.9. The van der Waals surface area contributed by atoms with Gasteiger partial charge >= 0.3 is 0 Å². The van der Waals surface area contributed by atoms with E-state index in [-0.39, 0.29) is 0 Å². The highest BCUT2D eigenvalue weighted by Gasteiger charge is 2.52. The Bertz CT molecular complexity index is 914. The molecule has 21 heteroatoms. The molecular weight excluding hydrogens is 624 g/mol. The second-order valence-corrected chi connectivity index (χ2v) is 11.2.